The van der Waals surface area contributed by atoms with Crippen molar-refractivity contribution in [1.82, 2.24) is 14.7 Å². The van der Waals surface area contributed by atoms with Crippen LogP contribution >= 0.6 is 0 Å². The number of fused-ring (bicyclic) bond motifs is 2. The third-order valence-electron chi connectivity index (χ3n) is 4.98. The number of carbonyl (C=O) groups is 1. The minimum absolute atomic E-state index is 0.0861. The van der Waals surface area contributed by atoms with Gasteiger partial charge in [0.2, 0.25) is 5.91 Å². The van der Waals surface area contributed by atoms with E-state index < -0.39 is 6.04 Å². The molecular weight excluding hydrogens is 332 g/mol. The lowest BCUT2D eigenvalue weighted by molar-refractivity contribution is -0.122. The Morgan fingerprint density at radius 2 is 2.15 bits per heavy atom. The average Bonchev–Trinajstić information content (AvgIpc) is 3.05. The van der Waals surface area contributed by atoms with Gasteiger partial charge in [-0.25, -0.2) is 4.98 Å². The van der Waals surface area contributed by atoms with Crippen LogP contribution < -0.4 is 10.5 Å². The van der Waals surface area contributed by atoms with Gasteiger partial charge in [0.1, 0.15) is 17.8 Å². The fourth-order valence-corrected chi connectivity index (χ4v) is 3.64. The highest BCUT2D eigenvalue weighted by Crippen LogP contribution is 2.29. The highest BCUT2D eigenvalue weighted by molar-refractivity contribution is 5.97. The van der Waals surface area contributed by atoms with Gasteiger partial charge in [0.25, 0.3) is 11.3 Å². The zero-order chi connectivity index (χ0) is 18.3. The third kappa shape index (κ3) is 2.51. The van der Waals surface area contributed by atoms with E-state index in [0.29, 0.717) is 24.0 Å². The van der Waals surface area contributed by atoms with Gasteiger partial charge in [0.05, 0.1) is 5.69 Å². The number of benzene rings is 1. The van der Waals surface area contributed by atoms with Gasteiger partial charge in [-0.3, -0.25) is 14.2 Å². The van der Waals surface area contributed by atoms with Crippen LogP contribution in [-0.2, 0) is 11.2 Å². The number of amides is 1. The number of carbonyl (C=O) groups excluding carboxylic acids is 1. The molecule has 7 nitrogen and oxygen atoms in total. The summed E-state index contributed by atoms with van der Waals surface area (Å²) in [5, 5.41) is 4.13. The number of aryl methyl sites for hydroxylation is 2. The van der Waals surface area contributed by atoms with Gasteiger partial charge in [-0.15, -0.1) is 0 Å². The van der Waals surface area contributed by atoms with Crippen molar-refractivity contribution < 1.29 is 9.32 Å². The van der Waals surface area contributed by atoms with E-state index in [-0.39, 0.29) is 17.2 Å². The zero-order valence-corrected chi connectivity index (χ0v) is 14.8. The Hall–Kier alpha value is -2.96. The second-order valence-corrected chi connectivity index (χ2v) is 6.55. The van der Waals surface area contributed by atoms with E-state index >= 15 is 0 Å². The summed E-state index contributed by atoms with van der Waals surface area (Å²) in [5.74, 6) is -0.0861. The largest absolute Gasteiger partial charge is 0.335 e. The number of hydrogen-bond donors (Lipinski definition) is 0. The molecule has 0 aliphatic carbocycles. The van der Waals surface area contributed by atoms with Crippen molar-refractivity contribution in [3.8, 4) is 0 Å². The SMILES string of the molecule is CCC(C(=O)N1CCCc2ccccc21)n1cnc2onc(C)c2c1=O. The molecule has 1 aromatic carbocycles. The van der Waals surface area contributed by atoms with Crippen molar-refractivity contribution in [1.29, 1.82) is 0 Å². The number of rotatable bonds is 3. The Morgan fingerprint density at radius 3 is 2.96 bits per heavy atom. The zero-order valence-electron chi connectivity index (χ0n) is 14.8. The topological polar surface area (TPSA) is 81.2 Å². The first kappa shape index (κ1) is 16.5. The van der Waals surface area contributed by atoms with E-state index in [1.165, 1.54) is 10.9 Å². The first-order valence-corrected chi connectivity index (χ1v) is 8.84. The Labute approximate surface area is 150 Å². The average molecular weight is 352 g/mol. The Balaban J connectivity index is 1.77. The van der Waals surface area contributed by atoms with E-state index in [9.17, 15) is 9.59 Å². The van der Waals surface area contributed by atoms with E-state index in [2.05, 4.69) is 16.2 Å². The van der Waals surface area contributed by atoms with Gasteiger partial charge >= 0.3 is 0 Å². The molecule has 134 valence electrons. The van der Waals surface area contributed by atoms with Crippen LogP contribution in [0.3, 0.4) is 0 Å². The standard InChI is InChI=1S/C19H20N4O3/c1-3-14(23-11-20-17-16(19(23)25)12(2)21-26-17)18(24)22-10-6-8-13-7-4-5-9-15(13)22/h4-5,7,9,11,14H,3,6,8,10H2,1-2H3. The van der Waals surface area contributed by atoms with Crippen molar-refractivity contribution in [2.45, 2.75) is 39.2 Å². The van der Waals surface area contributed by atoms with Crippen LogP contribution in [0, 0.1) is 6.92 Å². The van der Waals surface area contributed by atoms with Crippen LogP contribution in [0.4, 0.5) is 5.69 Å². The van der Waals surface area contributed by atoms with E-state index in [0.717, 1.165) is 24.1 Å². The molecular formula is C19H20N4O3. The summed E-state index contributed by atoms with van der Waals surface area (Å²) in [7, 11) is 0. The molecule has 26 heavy (non-hydrogen) atoms. The molecule has 0 bridgehead atoms. The highest BCUT2D eigenvalue weighted by Gasteiger charge is 2.30. The summed E-state index contributed by atoms with van der Waals surface area (Å²) in [5.41, 5.74) is 2.49. The molecule has 1 aliphatic heterocycles. The van der Waals surface area contributed by atoms with Crippen molar-refractivity contribution >= 4 is 22.7 Å². The van der Waals surface area contributed by atoms with Crippen molar-refractivity contribution in [3.63, 3.8) is 0 Å². The van der Waals surface area contributed by atoms with Gasteiger partial charge in [-0.2, -0.15) is 0 Å². The van der Waals surface area contributed by atoms with Crippen LogP contribution in [0.25, 0.3) is 11.1 Å². The number of aromatic nitrogens is 3. The number of para-hydroxylation sites is 1. The molecule has 1 unspecified atom stereocenters. The van der Waals surface area contributed by atoms with Crippen molar-refractivity contribution in [3.05, 3.63) is 52.2 Å². The first-order chi connectivity index (χ1) is 12.6. The molecule has 2 aromatic heterocycles. The molecule has 0 saturated heterocycles. The minimum atomic E-state index is -0.611. The van der Waals surface area contributed by atoms with E-state index in [1.807, 2.05) is 25.1 Å². The number of nitrogens with zero attached hydrogens (tertiary/aromatic N) is 4. The Bertz CT molecular complexity index is 1040. The second kappa shape index (κ2) is 6.40. The molecule has 0 spiro atoms. The van der Waals surface area contributed by atoms with Crippen LogP contribution in [0.5, 0.6) is 0 Å². The Morgan fingerprint density at radius 1 is 1.35 bits per heavy atom. The van der Waals surface area contributed by atoms with E-state index in [4.69, 9.17) is 4.52 Å². The normalized spacial score (nSPS) is 15.1. The van der Waals surface area contributed by atoms with Gasteiger partial charge in [0, 0.05) is 12.2 Å². The van der Waals surface area contributed by atoms with E-state index in [1.54, 1.807) is 11.8 Å². The molecule has 1 atom stereocenters. The van der Waals surface area contributed by atoms with Gasteiger partial charge in [0.15, 0.2) is 0 Å². The van der Waals surface area contributed by atoms with Crippen molar-refractivity contribution in [2.75, 3.05) is 11.4 Å². The molecule has 3 heterocycles. The van der Waals surface area contributed by atoms with Gasteiger partial charge in [-0.05, 0) is 37.8 Å². The highest BCUT2D eigenvalue weighted by atomic mass is 16.5. The molecule has 7 heteroatoms. The first-order valence-electron chi connectivity index (χ1n) is 8.84. The maximum Gasteiger partial charge on any atom is 0.267 e. The fourth-order valence-electron chi connectivity index (χ4n) is 3.64. The lowest BCUT2D eigenvalue weighted by Gasteiger charge is -2.32. The lowest BCUT2D eigenvalue weighted by Crippen LogP contribution is -2.42. The third-order valence-corrected chi connectivity index (χ3v) is 4.98. The fraction of sp³-hybridized carbons (Fsp3) is 0.368. The molecule has 0 radical (unpaired) electrons. The lowest BCUT2D eigenvalue weighted by atomic mass is 10.0. The molecule has 0 N–H and O–H groups in total. The quantitative estimate of drug-likeness (QED) is 0.724. The maximum atomic E-state index is 13.3. The van der Waals surface area contributed by atoms with Crippen LogP contribution in [0.2, 0.25) is 0 Å². The molecule has 0 saturated carbocycles. The molecule has 1 aliphatic rings. The molecule has 0 fully saturated rings. The van der Waals surface area contributed by atoms with Crippen LogP contribution in [0.15, 0.2) is 39.9 Å². The monoisotopic (exact) mass is 352 g/mol. The van der Waals surface area contributed by atoms with Crippen LogP contribution in [-0.4, -0.2) is 27.2 Å². The smallest absolute Gasteiger partial charge is 0.267 e. The minimum Gasteiger partial charge on any atom is -0.335 e. The summed E-state index contributed by atoms with van der Waals surface area (Å²) in [4.78, 5) is 32.2. The summed E-state index contributed by atoms with van der Waals surface area (Å²) in [6, 6.07) is 7.33. The van der Waals surface area contributed by atoms with Gasteiger partial charge < -0.3 is 9.42 Å². The second-order valence-electron chi connectivity index (χ2n) is 6.55. The van der Waals surface area contributed by atoms with Crippen LogP contribution in [0.1, 0.15) is 37.1 Å². The predicted octanol–water partition coefficient (Wildman–Crippen LogP) is 2.62. The number of anilines is 1. The summed E-state index contributed by atoms with van der Waals surface area (Å²) in [6.45, 7) is 4.25. The maximum absolute atomic E-state index is 13.3. The van der Waals surface area contributed by atoms with Gasteiger partial charge in [-0.1, -0.05) is 30.3 Å². The molecule has 3 aromatic rings. The van der Waals surface area contributed by atoms with Crippen molar-refractivity contribution in [2.24, 2.45) is 0 Å². The molecule has 1 amide bonds. The number of hydrogen-bond acceptors (Lipinski definition) is 5. The summed E-state index contributed by atoms with van der Waals surface area (Å²) >= 11 is 0. The predicted molar refractivity (Wildman–Crippen MR) is 97.2 cm³/mol. The summed E-state index contributed by atoms with van der Waals surface area (Å²) in [6.07, 6.45) is 3.76. The summed E-state index contributed by atoms with van der Waals surface area (Å²) < 4.78 is 6.46. The molecule has 4 rings (SSSR count). The Kier molecular flexibility index (Phi) is 4.06.